The van der Waals surface area contributed by atoms with Crippen molar-refractivity contribution in [1.29, 1.82) is 0 Å². The molecule has 2 aromatic carbocycles. The Morgan fingerprint density at radius 3 is 2.81 bits per heavy atom. The zero-order valence-electron chi connectivity index (χ0n) is 14.4. The predicted molar refractivity (Wildman–Crippen MR) is 99.3 cm³/mol. The molecule has 8 heteroatoms. The van der Waals surface area contributed by atoms with Gasteiger partial charge in [0.05, 0.1) is 10.9 Å². The summed E-state index contributed by atoms with van der Waals surface area (Å²) in [6.45, 7) is 0.329. The number of hydrogen-bond donors (Lipinski definition) is 2. The number of anilines is 1. The first-order valence-electron chi connectivity index (χ1n) is 8.53. The maximum Gasteiger partial charge on any atom is 0.328 e. The van der Waals surface area contributed by atoms with Crippen LogP contribution in [-0.2, 0) is 11.3 Å². The van der Waals surface area contributed by atoms with E-state index in [1.54, 1.807) is 42.5 Å². The molecule has 2 N–H and O–H groups in total. The van der Waals surface area contributed by atoms with Crippen LogP contribution in [0.5, 0.6) is 11.5 Å². The molecule has 3 aromatic rings. The summed E-state index contributed by atoms with van der Waals surface area (Å²) < 4.78 is 11.6. The molecule has 138 valence electrons. The molecule has 1 aliphatic heterocycles. The van der Waals surface area contributed by atoms with Gasteiger partial charge in [0.15, 0.2) is 11.5 Å². The summed E-state index contributed by atoms with van der Waals surface area (Å²) in [4.78, 5) is 39.4. The Morgan fingerprint density at radius 2 is 1.93 bits per heavy atom. The number of ether oxygens (including phenoxy) is 2. The minimum Gasteiger partial charge on any atom is -0.454 e. The van der Waals surface area contributed by atoms with Gasteiger partial charge >= 0.3 is 5.69 Å². The van der Waals surface area contributed by atoms with Crippen molar-refractivity contribution >= 4 is 22.5 Å². The van der Waals surface area contributed by atoms with E-state index in [4.69, 9.17) is 9.47 Å². The van der Waals surface area contributed by atoms with Gasteiger partial charge in [-0.05, 0) is 30.7 Å². The van der Waals surface area contributed by atoms with E-state index in [9.17, 15) is 14.4 Å². The van der Waals surface area contributed by atoms with Crippen molar-refractivity contribution in [2.75, 3.05) is 12.1 Å². The molecule has 1 aromatic heterocycles. The van der Waals surface area contributed by atoms with Crippen LogP contribution in [-0.4, -0.2) is 22.3 Å². The summed E-state index contributed by atoms with van der Waals surface area (Å²) in [7, 11) is 0. The highest BCUT2D eigenvalue weighted by Crippen LogP contribution is 2.34. The van der Waals surface area contributed by atoms with Gasteiger partial charge in [-0.25, -0.2) is 4.79 Å². The largest absolute Gasteiger partial charge is 0.454 e. The number of nitrogens with one attached hydrogen (secondary N) is 2. The minimum absolute atomic E-state index is 0.160. The molecule has 0 spiro atoms. The second-order valence-electron chi connectivity index (χ2n) is 6.15. The van der Waals surface area contributed by atoms with Crippen molar-refractivity contribution in [2.45, 2.75) is 19.4 Å². The molecule has 0 saturated heterocycles. The van der Waals surface area contributed by atoms with E-state index >= 15 is 0 Å². The number of carbonyl (C=O) groups excluding carboxylic acids is 1. The van der Waals surface area contributed by atoms with Gasteiger partial charge in [-0.1, -0.05) is 12.1 Å². The van der Waals surface area contributed by atoms with Gasteiger partial charge in [-0.15, -0.1) is 0 Å². The summed E-state index contributed by atoms with van der Waals surface area (Å²) >= 11 is 0. The number of fused-ring (bicyclic) bond motifs is 2. The van der Waals surface area contributed by atoms with Crippen molar-refractivity contribution in [2.24, 2.45) is 0 Å². The molecular formula is C19H17N3O5. The molecule has 0 saturated carbocycles. The molecule has 27 heavy (non-hydrogen) atoms. The number of nitrogens with zero attached hydrogens (tertiary/aromatic N) is 1. The third kappa shape index (κ3) is 3.41. The zero-order chi connectivity index (χ0) is 18.8. The molecule has 0 radical (unpaired) electrons. The van der Waals surface area contributed by atoms with E-state index in [0.717, 1.165) is 4.57 Å². The molecule has 0 unspecified atom stereocenters. The van der Waals surface area contributed by atoms with E-state index < -0.39 is 5.69 Å². The first-order chi connectivity index (χ1) is 13.1. The van der Waals surface area contributed by atoms with E-state index in [1.807, 2.05) is 0 Å². The maximum absolute atomic E-state index is 12.4. The zero-order valence-corrected chi connectivity index (χ0v) is 14.4. The third-order valence-electron chi connectivity index (χ3n) is 4.33. The van der Waals surface area contributed by atoms with E-state index in [0.29, 0.717) is 34.5 Å². The Morgan fingerprint density at radius 1 is 1.11 bits per heavy atom. The van der Waals surface area contributed by atoms with Crippen LogP contribution < -0.4 is 26.0 Å². The van der Waals surface area contributed by atoms with Gasteiger partial charge in [0, 0.05) is 24.7 Å². The lowest BCUT2D eigenvalue weighted by molar-refractivity contribution is -0.116. The Bertz CT molecular complexity index is 1130. The third-order valence-corrected chi connectivity index (χ3v) is 4.33. The lowest BCUT2D eigenvalue weighted by Crippen LogP contribution is -2.35. The van der Waals surface area contributed by atoms with E-state index in [1.165, 1.54) is 0 Å². The van der Waals surface area contributed by atoms with Crippen molar-refractivity contribution in [3.8, 4) is 11.5 Å². The molecule has 8 nitrogen and oxygen atoms in total. The monoisotopic (exact) mass is 367 g/mol. The molecule has 0 atom stereocenters. The Kier molecular flexibility index (Phi) is 4.37. The van der Waals surface area contributed by atoms with Gasteiger partial charge in [0.2, 0.25) is 12.7 Å². The highest BCUT2D eigenvalue weighted by Gasteiger charge is 2.14. The fourth-order valence-corrected chi connectivity index (χ4v) is 3.00. The Balaban J connectivity index is 1.40. The van der Waals surface area contributed by atoms with Crippen LogP contribution in [0.15, 0.2) is 52.1 Å². The van der Waals surface area contributed by atoms with Crippen LogP contribution in [0.1, 0.15) is 12.8 Å². The minimum atomic E-state index is -0.477. The van der Waals surface area contributed by atoms with Gasteiger partial charge in [0.25, 0.3) is 5.56 Å². The SMILES string of the molecule is O=C(CCCn1c(=O)[nH]c2ccccc2c1=O)Nc1ccc2c(c1)OCO2. The van der Waals surface area contributed by atoms with Crippen LogP contribution in [0.25, 0.3) is 10.9 Å². The lowest BCUT2D eigenvalue weighted by atomic mass is 10.2. The smallest absolute Gasteiger partial charge is 0.328 e. The highest BCUT2D eigenvalue weighted by molar-refractivity contribution is 5.91. The fourth-order valence-electron chi connectivity index (χ4n) is 3.00. The fraction of sp³-hybridized carbons (Fsp3) is 0.211. The van der Waals surface area contributed by atoms with Crippen LogP contribution in [0.4, 0.5) is 5.69 Å². The van der Waals surface area contributed by atoms with Crippen molar-refractivity contribution in [3.05, 3.63) is 63.3 Å². The molecule has 0 bridgehead atoms. The molecule has 0 fully saturated rings. The van der Waals surface area contributed by atoms with Crippen LogP contribution in [0, 0.1) is 0 Å². The predicted octanol–water partition coefficient (Wildman–Crippen LogP) is 1.84. The highest BCUT2D eigenvalue weighted by atomic mass is 16.7. The standard InChI is InChI=1S/C19H17N3O5/c23-17(20-12-7-8-15-16(10-12)27-11-26-15)6-3-9-22-18(24)13-4-1-2-5-14(13)21-19(22)25/h1-2,4-5,7-8,10H,3,6,9,11H2,(H,20,23)(H,21,25). The number of amides is 1. The van der Waals surface area contributed by atoms with Crippen molar-refractivity contribution in [3.63, 3.8) is 0 Å². The number of para-hydroxylation sites is 1. The van der Waals surface area contributed by atoms with Crippen molar-refractivity contribution < 1.29 is 14.3 Å². The average Bonchev–Trinajstić information content (AvgIpc) is 3.12. The van der Waals surface area contributed by atoms with Gasteiger partial charge in [0.1, 0.15) is 0 Å². The van der Waals surface area contributed by atoms with Gasteiger partial charge < -0.3 is 19.8 Å². The lowest BCUT2D eigenvalue weighted by Gasteiger charge is -2.08. The summed E-state index contributed by atoms with van der Waals surface area (Å²) in [6, 6.07) is 12.0. The van der Waals surface area contributed by atoms with Crippen LogP contribution >= 0.6 is 0 Å². The Hall–Kier alpha value is -3.55. The topological polar surface area (TPSA) is 102 Å². The molecule has 1 amide bonds. The molecular weight excluding hydrogens is 350 g/mol. The van der Waals surface area contributed by atoms with Crippen molar-refractivity contribution in [1.82, 2.24) is 9.55 Å². The van der Waals surface area contributed by atoms with Gasteiger partial charge in [-0.3, -0.25) is 14.2 Å². The normalized spacial score (nSPS) is 12.3. The number of aromatic amines is 1. The number of benzene rings is 2. The summed E-state index contributed by atoms with van der Waals surface area (Å²) in [5.74, 6) is 1.02. The number of hydrogen-bond acceptors (Lipinski definition) is 5. The maximum atomic E-state index is 12.4. The molecule has 0 aliphatic carbocycles. The summed E-state index contributed by atoms with van der Waals surface area (Å²) in [5, 5.41) is 3.22. The first kappa shape index (κ1) is 16.9. The quantitative estimate of drug-likeness (QED) is 0.716. The first-order valence-corrected chi connectivity index (χ1v) is 8.53. The molecule has 2 heterocycles. The molecule has 1 aliphatic rings. The van der Waals surface area contributed by atoms with E-state index in [-0.39, 0.29) is 31.2 Å². The Labute approximate surface area is 153 Å². The van der Waals surface area contributed by atoms with E-state index in [2.05, 4.69) is 10.3 Å². The second-order valence-corrected chi connectivity index (χ2v) is 6.15. The van der Waals surface area contributed by atoms with Gasteiger partial charge in [-0.2, -0.15) is 0 Å². The number of aromatic nitrogens is 2. The number of carbonyl (C=O) groups is 1. The van der Waals surface area contributed by atoms with Crippen LogP contribution in [0.3, 0.4) is 0 Å². The summed E-state index contributed by atoms with van der Waals surface area (Å²) in [6.07, 6.45) is 0.533. The van der Waals surface area contributed by atoms with Crippen LogP contribution in [0.2, 0.25) is 0 Å². The summed E-state index contributed by atoms with van der Waals surface area (Å²) in [5.41, 5.74) is 0.273. The number of rotatable bonds is 5. The number of H-pyrrole nitrogens is 1. The average molecular weight is 367 g/mol. The second kappa shape index (κ2) is 6.99. The molecule has 4 rings (SSSR count).